The van der Waals surface area contributed by atoms with E-state index in [1.54, 1.807) is 0 Å². The number of hydrogen-bond donors (Lipinski definition) is 0. The zero-order valence-electron chi connectivity index (χ0n) is 18.4. The van der Waals surface area contributed by atoms with Gasteiger partial charge in [-0.15, -0.1) is 0 Å². The standard InChI is InChI=1S/C26H36N2S/c1-20-17-21(2)26(22(3)18-20)29-28-15-11-25(12-16-28)27-13-9-24(10-14-27)19-23-7-5-4-6-8-23/h4-8,17-18,24-25H,9-16,19H2,1-3H3. The minimum absolute atomic E-state index is 0.796. The molecule has 156 valence electrons. The summed E-state index contributed by atoms with van der Waals surface area (Å²) in [6.45, 7) is 11.7. The number of rotatable bonds is 5. The SMILES string of the molecule is Cc1cc(C)c(SN2CCC(N3CCC(Cc4ccccc4)CC3)CC2)c(C)c1. The number of likely N-dealkylation sites (tertiary alicyclic amines) is 1. The molecule has 0 bridgehead atoms. The number of aryl methyl sites for hydroxylation is 3. The second-order valence-electron chi connectivity index (χ2n) is 9.15. The van der Waals surface area contributed by atoms with Gasteiger partial charge in [-0.3, -0.25) is 0 Å². The van der Waals surface area contributed by atoms with Gasteiger partial charge in [0.05, 0.1) is 0 Å². The first-order valence-electron chi connectivity index (χ1n) is 11.4. The van der Waals surface area contributed by atoms with Crippen LogP contribution in [-0.2, 0) is 6.42 Å². The van der Waals surface area contributed by atoms with Crippen molar-refractivity contribution in [2.24, 2.45) is 5.92 Å². The van der Waals surface area contributed by atoms with Crippen LogP contribution in [-0.4, -0.2) is 41.4 Å². The molecule has 2 aliphatic heterocycles. The van der Waals surface area contributed by atoms with E-state index in [2.05, 4.69) is 72.4 Å². The molecule has 0 unspecified atom stereocenters. The predicted octanol–water partition coefficient (Wildman–Crippen LogP) is 6.04. The van der Waals surface area contributed by atoms with Crippen molar-refractivity contribution in [3.63, 3.8) is 0 Å². The average Bonchev–Trinajstić information content (AvgIpc) is 2.72. The van der Waals surface area contributed by atoms with Gasteiger partial charge in [0.2, 0.25) is 0 Å². The molecule has 0 aliphatic carbocycles. The average molecular weight is 409 g/mol. The van der Waals surface area contributed by atoms with Crippen molar-refractivity contribution in [1.29, 1.82) is 0 Å². The van der Waals surface area contributed by atoms with Crippen LogP contribution in [0.3, 0.4) is 0 Å². The van der Waals surface area contributed by atoms with Crippen LogP contribution in [0.25, 0.3) is 0 Å². The van der Waals surface area contributed by atoms with Crippen molar-refractivity contribution in [2.75, 3.05) is 26.2 Å². The first-order valence-corrected chi connectivity index (χ1v) is 12.1. The van der Waals surface area contributed by atoms with Crippen molar-refractivity contribution in [3.8, 4) is 0 Å². The van der Waals surface area contributed by atoms with Crippen LogP contribution < -0.4 is 0 Å². The van der Waals surface area contributed by atoms with E-state index in [4.69, 9.17) is 0 Å². The van der Waals surface area contributed by atoms with Crippen molar-refractivity contribution in [2.45, 2.75) is 63.8 Å². The third kappa shape index (κ3) is 5.45. The fourth-order valence-corrected chi connectivity index (χ4v) is 6.27. The summed E-state index contributed by atoms with van der Waals surface area (Å²) < 4.78 is 2.60. The molecule has 29 heavy (non-hydrogen) atoms. The second kappa shape index (κ2) is 9.68. The lowest BCUT2D eigenvalue weighted by Crippen LogP contribution is -2.46. The van der Waals surface area contributed by atoms with E-state index in [9.17, 15) is 0 Å². The molecule has 0 N–H and O–H groups in total. The van der Waals surface area contributed by atoms with Crippen LogP contribution in [0.4, 0.5) is 0 Å². The van der Waals surface area contributed by atoms with Crippen LogP contribution in [0.15, 0.2) is 47.4 Å². The first-order chi connectivity index (χ1) is 14.1. The molecule has 2 aromatic carbocycles. The lowest BCUT2D eigenvalue weighted by atomic mass is 9.89. The number of hydrogen-bond acceptors (Lipinski definition) is 3. The van der Waals surface area contributed by atoms with E-state index in [-0.39, 0.29) is 0 Å². The maximum absolute atomic E-state index is 2.80. The second-order valence-corrected chi connectivity index (χ2v) is 10.3. The molecular formula is C26H36N2S. The lowest BCUT2D eigenvalue weighted by Gasteiger charge is -2.41. The minimum atomic E-state index is 0.796. The number of benzene rings is 2. The van der Waals surface area contributed by atoms with Crippen LogP contribution in [0.1, 0.15) is 47.9 Å². The van der Waals surface area contributed by atoms with Gasteiger partial charge in [0.1, 0.15) is 0 Å². The van der Waals surface area contributed by atoms with E-state index >= 15 is 0 Å². The van der Waals surface area contributed by atoms with Gasteiger partial charge in [-0.05, 0) is 101 Å². The van der Waals surface area contributed by atoms with Gasteiger partial charge in [0.25, 0.3) is 0 Å². The molecule has 0 spiro atoms. The fraction of sp³-hybridized carbons (Fsp3) is 0.538. The fourth-order valence-electron chi connectivity index (χ4n) is 5.21. The minimum Gasteiger partial charge on any atom is -0.300 e. The summed E-state index contributed by atoms with van der Waals surface area (Å²) in [7, 11) is 0. The van der Waals surface area contributed by atoms with Gasteiger partial charge < -0.3 is 4.90 Å². The molecule has 2 aromatic rings. The summed E-state index contributed by atoms with van der Waals surface area (Å²) in [6.07, 6.45) is 6.64. The zero-order chi connectivity index (χ0) is 20.2. The Balaban J connectivity index is 1.23. The molecule has 0 amide bonds. The summed E-state index contributed by atoms with van der Waals surface area (Å²) in [5, 5.41) is 0. The van der Waals surface area contributed by atoms with E-state index < -0.39 is 0 Å². The maximum atomic E-state index is 2.80. The molecule has 2 heterocycles. The molecule has 0 saturated carbocycles. The van der Waals surface area contributed by atoms with E-state index in [1.807, 2.05) is 11.9 Å². The Kier molecular flexibility index (Phi) is 7.00. The Morgan fingerprint density at radius 3 is 2.07 bits per heavy atom. The van der Waals surface area contributed by atoms with Crippen LogP contribution in [0, 0.1) is 26.7 Å². The third-order valence-corrected chi connectivity index (χ3v) is 8.23. The summed E-state index contributed by atoms with van der Waals surface area (Å²) >= 11 is 1.99. The molecule has 4 rings (SSSR count). The molecule has 0 aromatic heterocycles. The Morgan fingerprint density at radius 1 is 0.828 bits per heavy atom. The Labute approximate surface area is 181 Å². The Hall–Kier alpha value is -1.29. The zero-order valence-corrected chi connectivity index (χ0v) is 19.2. The highest BCUT2D eigenvalue weighted by Gasteiger charge is 2.28. The van der Waals surface area contributed by atoms with Crippen LogP contribution in [0.5, 0.6) is 0 Å². The van der Waals surface area contributed by atoms with Gasteiger partial charge in [0, 0.05) is 24.0 Å². The molecule has 2 aliphatic rings. The molecular weight excluding hydrogens is 372 g/mol. The van der Waals surface area contributed by atoms with E-state index in [1.165, 1.54) is 85.4 Å². The molecule has 3 heteroatoms. The van der Waals surface area contributed by atoms with Gasteiger partial charge in [-0.25, -0.2) is 4.31 Å². The summed E-state index contributed by atoms with van der Waals surface area (Å²) in [5.41, 5.74) is 5.74. The highest BCUT2D eigenvalue weighted by molar-refractivity contribution is 7.97. The van der Waals surface area contributed by atoms with Crippen LogP contribution in [0.2, 0.25) is 0 Å². The maximum Gasteiger partial charge on any atom is 0.0288 e. The highest BCUT2D eigenvalue weighted by atomic mass is 32.2. The van der Waals surface area contributed by atoms with Crippen molar-refractivity contribution >= 4 is 11.9 Å². The Bertz CT molecular complexity index is 765. The first kappa shape index (κ1) is 21.0. The summed E-state index contributed by atoms with van der Waals surface area (Å²) in [5.74, 6) is 0.872. The molecule has 0 atom stereocenters. The van der Waals surface area contributed by atoms with Gasteiger partial charge in [0.15, 0.2) is 0 Å². The Morgan fingerprint density at radius 2 is 1.45 bits per heavy atom. The van der Waals surface area contributed by atoms with E-state index in [0.717, 1.165) is 12.0 Å². The molecule has 0 radical (unpaired) electrons. The molecule has 2 fully saturated rings. The van der Waals surface area contributed by atoms with Crippen molar-refractivity contribution in [1.82, 2.24) is 9.21 Å². The monoisotopic (exact) mass is 408 g/mol. The van der Waals surface area contributed by atoms with Gasteiger partial charge in [-0.1, -0.05) is 48.0 Å². The van der Waals surface area contributed by atoms with Crippen molar-refractivity contribution < 1.29 is 0 Å². The van der Waals surface area contributed by atoms with Crippen LogP contribution >= 0.6 is 11.9 Å². The quantitative estimate of drug-likeness (QED) is 0.557. The topological polar surface area (TPSA) is 6.48 Å². The lowest BCUT2D eigenvalue weighted by molar-refractivity contribution is 0.0989. The molecule has 2 nitrogen and oxygen atoms in total. The van der Waals surface area contributed by atoms with Crippen molar-refractivity contribution in [3.05, 3.63) is 64.7 Å². The van der Waals surface area contributed by atoms with Gasteiger partial charge >= 0.3 is 0 Å². The summed E-state index contributed by atoms with van der Waals surface area (Å²) in [4.78, 5) is 4.27. The normalized spacial score (nSPS) is 20.2. The number of piperidine rings is 2. The number of nitrogens with zero attached hydrogens (tertiary/aromatic N) is 2. The largest absolute Gasteiger partial charge is 0.300 e. The van der Waals surface area contributed by atoms with E-state index in [0.29, 0.717) is 0 Å². The third-order valence-electron chi connectivity index (χ3n) is 6.78. The smallest absolute Gasteiger partial charge is 0.0288 e. The highest BCUT2D eigenvalue weighted by Crippen LogP contribution is 2.34. The molecule has 2 saturated heterocycles. The van der Waals surface area contributed by atoms with Gasteiger partial charge in [-0.2, -0.15) is 0 Å². The summed E-state index contributed by atoms with van der Waals surface area (Å²) in [6, 6.07) is 16.5. The predicted molar refractivity (Wildman–Crippen MR) is 126 cm³/mol.